The molecular weight excluding hydrogens is 356 g/mol. The number of carbonyl (C=O) groups is 2. The maximum Gasteiger partial charge on any atom is 0.321 e. The minimum Gasteiger partial charge on any atom is -0.354 e. The van der Waals surface area contributed by atoms with Crippen LogP contribution in [-0.2, 0) is 4.79 Å². The zero-order valence-electron chi connectivity index (χ0n) is 16.4. The van der Waals surface area contributed by atoms with Gasteiger partial charge < -0.3 is 10.2 Å². The number of carbonyl (C=O) groups excluding carboxylic acids is 2. The Hall–Kier alpha value is -2.66. The summed E-state index contributed by atoms with van der Waals surface area (Å²) in [6.45, 7) is 4.64. The Balaban J connectivity index is 1.46. The molecule has 2 heterocycles. The molecule has 3 rings (SSSR count). The van der Waals surface area contributed by atoms with Crippen LogP contribution in [0, 0.1) is 11.3 Å². The Morgan fingerprint density at radius 1 is 1.21 bits per heavy atom. The molecule has 1 aromatic heterocycles. The van der Waals surface area contributed by atoms with Crippen LogP contribution in [0.1, 0.15) is 44.6 Å². The fraction of sp³-hybridized carbons (Fsp3) is 0.600. The number of hydrogen-bond donors (Lipinski definition) is 2. The standard InChI is InChI=1S/C20H28N6O2/c1-15(19(27)24-20(28)23-17-5-3-2-4-6-17)25-9-11-26(12-10-25)18-13-16(14-21)7-8-22-18/h7-8,13,15,17H,2-6,9-12H2,1H3,(H2,23,24,27,28). The maximum atomic E-state index is 12.5. The van der Waals surface area contributed by atoms with Gasteiger partial charge in [-0.1, -0.05) is 19.3 Å². The lowest BCUT2D eigenvalue weighted by Gasteiger charge is -2.37. The van der Waals surface area contributed by atoms with Crippen LogP contribution in [0.15, 0.2) is 18.3 Å². The molecule has 1 aliphatic carbocycles. The van der Waals surface area contributed by atoms with Crippen molar-refractivity contribution in [3.8, 4) is 6.07 Å². The Bertz CT molecular complexity index is 732. The van der Waals surface area contributed by atoms with Gasteiger partial charge in [-0.05, 0) is 31.9 Å². The van der Waals surface area contributed by atoms with Crippen molar-refractivity contribution in [1.82, 2.24) is 20.5 Å². The summed E-state index contributed by atoms with van der Waals surface area (Å²) in [7, 11) is 0. The summed E-state index contributed by atoms with van der Waals surface area (Å²) in [5, 5.41) is 14.4. The van der Waals surface area contributed by atoms with E-state index < -0.39 is 0 Å². The average molecular weight is 384 g/mol. The molecule has 3 amide bonds. The molecule has 1 aromatic rings. The second kappa shape index (κ2) is 9.51. The molecule has 0 spiro atoms. The Morgan fingerprint density at radius 2 is 1.93 bits per heavy atom. The van der Waals surface area contributed by atoms with Gasteiger partial charge in [0.2, 0.25) is 5.91 Å². The first kappa shape index (κ1) is 20.1. The van der Waals surface area contributed by atoms with Gasteiger partial charge in [0.05, 0.1) is 17.7 Å². The zero-order chi connectivity index (χ0) is 19.9. The van der Waals surface area contributed by atoms with Crippen molar-refractivity contribution in [1.29, 1.82) is 5.26 Å². The molecule has 1 aliphatic heterocycles. The first-order valence-electron chi connectivity index (χ1n) is 10.0. The molecular formula is C20H28N6O2. The van der Waals surface area contributed by atoms with Gasteiger partial charge in [0.25, 0.3) is 0 Å². The number of nitrogens with zero attached hydrogens (tertiary/aromatic N) is 4. The van der Waals surface area contributed by atoms with Gasteiger partial charge in [0.1, 0.15) is 5.82 Å². The fourth-order valence-corrected chi connectivity index (χ4v) is 3.85. The Labute approximate surface area is 165 Å². The van der Waals surface area contributed by atoms with Crippen LogP contribution in [0.25, 0.3) is 0 Å². The highest BCUT2D eigenvalue weighted by atomic mass is 16.2. The average Bonchev–Trinajstić information content (AvgIpc) is 2.74. The number of nitrogens with one attached hydrogen (secondary N) is 2. The van der Waals surface area contributed by atoms with Crippen LogP contribution in [0.2, 0.25) is 0 Å². The van der Waals surface area contributed by atoms with Crippen LogP contribution in [-0.4, -0.2) is 60.1 Å². The van der Waals surface area contributed by atoms with Gasteiger partial charge in [-0.25, -0.2) is 9.78 Å². The lowest BCUT2D eigenvalue weighted by Crippen LogP contribution is -2.56. The highest BCUT2D eigenvalue weighted by Gasteiger charge is 2.27. The third-order valence-electron chi connectivity index (χ3n) is 5.62. The van der Waals surface area contributed by atoms with E-state index in [1.54, 1.807) is 18.3 Å². The van der Waals surface area contributed by atoms with Gasteiger partial charge in [-0.2, -0.15) is 5.26 Å². The molecule has 2 aliphatic rings. The Morgan fingerprint density at radius 3 is 2.61 bits per heavy atom. The van der Waals surface area contributed by atoms with Crippen LogP contribution in [0.3, 0.4) is 0 Å². The quantitative estimate of drug-likeness (QED) is 0.818. The van der Waals surface area contributed by atoms with Gasteiger partial charge in [-0.15, -0.1) is 0 Å². The molecule has 28 heavy (non-hydrogen) atoms. The third kappa shape index (κ3) is 5.20. The zero-order valence-corrected chi connectivity index (χ0v) is 16.4. The van der Waals surface area contributed by atoms with E-state index in [9.17, 15) is 9.59 Å². The molecule has 8 heteroatoms. The number of imide groups is 1. The summed E-state index contributed by atoms with van der Waals surface area (Å²) in [5.74, 6) is 0.508. The summed E-state index contributed by atoms with van der Waals surface area (Å²) in [5.41, 5.74) is 0.587. The molecule has 1 saturated carbocycles. The molecule has 0 radical (unpaired) electrons. The molecule has 150 valence electrons. The SMILES string of the molecule is CC(C(=O)NC(=O)NC1CCCCC1)N1CCN(c2cc(C#N)ccn2)CC1. The van der Waals surface area contributed by atoms with E-state index in [1.807, 2.05) is 6.92 Å². The number of rotatable bonds is 4. The molecule has 2 N–H and O–H groups in total. The summed E-state index contributed by atoms with van der Waals surface area (Å²) in [6, 6.07) is 5.00. The minimum absolute atomic E-state index is 0.178. The highest BCUT2D eigenvalue weighted by molar-refractivity contribution is 5.96. The van der Waals surface area contributed by atoms with E-state index in [4.69, 9.17) is 5.26 Å². The predicted octanol–water partition coefficient (Wildman–Crippen LogP) is 1.62. The molecule has 1 saturated heterocycles. The largest absolute Gasteiger partial charge is 0.354 e. The van der Waals surface area contributed by atoms with Crippen molar-refractivity contribution >= 4 is 17.8 Å². The summed E-state index contributed by atoms with van der Waals surface area (Å²) in [6.07, 6.45) is 7.09. The number of anilines is 1. The highest BCUT2D eigenvalue weighted by Crippen LogP contribution is 2.18. The van der Waals surface area contributed by atoms with Crippen LogP contribution < -0.4 is 15.5 Å². The lowest BCUT2D eigenvalue weighted by molar-refractivity contribution is -0.124. The number of nitriles is 1. The molecule has 8 nitrogen and oxygen atoms in total. The number of amides is 3. The molecule has 1 atom stereocenters. The van der Waals surface area contributed by atoms with E-state index in [-0.39, 0.29) is 24.0 Å². The number of aromatic nitrogens is 1. The lowest BCUT2D eigenvalue weighted by atomic mass is 9.96. The normalized spacial score (nSPS) is 19.5. The minimum atomic E-state index is -0.389. The van der Waals surface area contributed by atoms with Crippen LogP contribution in [0.5, 0.6) is 0 Å². The number of urea groups is 1. The maximum absolute atomic E-state index is 12.5. The second-order valence-electron chi connectivity index (χ2n) is 7.51. The fourth-order valence-electron chi connectivity index (χ4n) is 3.85. The summed E-state index contributed by atoms with van der Waals surface area (Å²) < 4.78 is 0. The van der Waals surface area contributed by atoms with E-state index >= 15 is 0 Å². The number of pyridine rings is 1. The smallest absolute Gasteiger partial charge is 0.321 e. The number of hydrogen-bond acceptors (Lipinski definition) is 6. The first-order chi connectivity index (χ1) is 13.6. The molecule has 1 unspecified atom stereocenters. The summed E-state index contributed by atoms with van der Waals surface area (Å²) in [4.78, 5) is 33.1. The van der Waals surface area contributed by atoms with Crippen LogP contribution in [0.4, 0.5) is 10.6 Å². The van der Waals surface area contributed by atoms with E-state index in [1.165, 1.54) is 6.42 Å². The second-order valence-corrected chi connectivity index (χ2v) is 7.51. The van der Waals surface area contributed by atoms with Crippen LogP contribution >= 0.6 is 0 Å². The van der Waals surface area contributed by atoms with Gasteiger partial charge in [0.15, 0.2) is 0 Å². The molecule has 0 aromatic carbocycles. The van der Waals surface area contributed by atoms with Gasteiger partial charge in [-0.3, -0.25) is 15.0 Å². The van der Waals surface area contributed by atoms with E-state index in [0.717, 1.165) is 31.5 Å². The van der Waals surface area contributed by atoms with Crippen molar-refractivity contribution in [2.45, 2.75) is 51.1 Å². The third-order valence-corrected chi connectivity index (χ3v) is 5.62. The van der Waals surface area contributed by atoms with Crippen molar-refractivity contribution in [2.24, 2.45) is 0 Å². The first-order valence-corrected chi connectivity index (χ1v) is 10.0. The van der Waals surface area contributed by atoms with Gasteiger partial charge >= 0.3 is 6.03 Å². The van der Waals surface area contributed by atoms with Crippen molar-refractivity contribution in [3.05, 3.63) is 23.9 Å². The van der Waals surface area contributed by atoms with E-state index in [0.29, 0.717) is 31.7 Å². The van der Waals surface area contributed by atoms with Crippen molar-refractivity contribution < 1.29 is 9.59 Å². The number of piperazine rings is 1. The molecule has 2 fully saturated rings. The Kier molecular flexibility index (Phi) is 6.82. The summed E-state index contributed by atoms with van der Waals surface area (Å²) >= 11 is 0. The molecule has 0 bridgehead atoms. The van der Waals surface area contributed by atoms with E-state index in [2.05, 4.69) is 31.5 Å². The van der Waals surface area contributed by atoms with Gasteiger partial charge in [0, 0.05) is 38.4 Å². The topological polar surface area (TPSA) is 101 Å². The monoisotopic (exact) mass is 384 g/mol. The predicted molar refractivity (Wildman–Crippen MR) is 106 cm³/mol. The van der Waals surface area contributed by atoms with Crippen molar-refractivity contribution in [2.75, 3.05) is 31.1 Å². The van der Waals surface area contributed by atoms with Crippen molar-refractivity contribution in [3.63, 3.8) is 0 Å².